The number of aliphatic hydroxyl groups is 3. The van der Waals surface area contributed by atoms with Crippen molar-refractivity contribution >= 4 is 29.2 Å². The summed E-state index contributed by atoms with van der Waals surface area (Å²) in [6.45, 7) is 6.62. The van der Waals surface area contributed by atoms with Crippen molar-refractivity contribution in [3.05, 3.63) is 59.8 Å². The monoisotopic (exact) mass is 984 g/mol. The quantitative estimate of drug-likeness (QED) is 0.0354. The molecule has 3 N–H and O–H groups in total. The topological polar surface area (TPSA) is 218 Å². The van der Waals surface area contributed by atoms with Crippen LogP contribution in [0.1, 0.15) is 125 Å². The summed E-state index contributed by atoms with van der Waals surface area (Å²) in [7, 11) is 4.39. The van der Waals surface area contributed by atoms with Crippen molar-refractivity contribution in [2.45, 2.75) is 168 Å². The van der Waals surface area contributed by atoms with E-state index in [4.69, 9.17) is 29.2 Å². The minimum absolute atomic E-state index is 0. The van der Waals surface area contributed by atoms with Crippen molar-refractivity contribution in [2.75, 3.05) is 41.0 Å². The molecule has 1 saturated carbocycles. The summed E-state index contributed by atoms with van der Waals surface area (Å²) < 4.78 is 58.4. The van der Waals surface area contributed by atoms with E-state index in [-0.39, 0.29) is 78.3 Å². The number of carbonyl (C=O) groups is 5. The maximum Gasteiger partial charge on any atom is 1.00 e. The van der Waals surface area contributed by atoms with Crippen LogP contribution in [0.5, 0.6) is 0 Å². The predicted octanol–water partition coefficient (Wildman–Crippen LogP) is 2.19. The van der Waals surface area contributed by atoms with Crippen molar-refractivity contribution in [1.82, 2.24) is 4.90 Å². The van der Waals surface area contributed by atoms with Gasteiger partial charge in [0.05, 0.1) is 55.0 Å². The number of aliphatic carboxylic acids is 1. The third kappa shape index (κ3) is 18.7. The largest absolute Gasteiger partial charge is 1.00 e. The van der Waals surface area contributed by atoms with Crippen LogP contribution in [0.2, 0.25) is 0 Å². The SMILES string of the molecule is [2H]C([2H])(O)C([2H])([2H])O[C@@H]1CC[C@@H](C[C@@H](C)/C=C/C(=O)[C@H](C)/C=C(\C)[C@@H](O)[C@@H](OC)C(=O)[C@H](C)C[C@H](C)/C=C/C=C/C=C(\C)[C@@H](C[C@@H]2CC[C@@H](C)[C@](O)(C(=O)C(=O)N3CCCC[C@H]3C(=O)[O-])O2)OC)C[C@@H]1OC.[Na+]. The summed E-state index contributed by atoms with van der Waals surface area (Å²) in [5, 5.41) is 44.0. The average molecular weight is 984 g/mol. The van der Waals surface area contributed by atoms with Gasteiger partial charge >= 0.3 is 29.6 Å². The van der Waals surface area contributed by atoms with Crippen LogP contribution in [-0.4, -0.2) is 139 Å². The molecule has 0 unspecified atom stereocenters. The molecule has 15 nitrogen and oxygen atoms in total. The summed E-state index contributed by atoms with van der Waals surface area (Å²) in [5.74, 6) is -8.16. The maximum atomic E-state index is 13.6. The fourth-order valence-electron chi connectivity index (χ4n) is 9.69. The van der Waals surface area contributed by atoms with Crippen molar-refractivity contribution in [2.24, 2.45) is 35.5 Å². The minimum atomic E-state index is -3.17. The number of Topliss-reactive ketones (excluding diaryl/α,β-unsaturated/α-hetero) is 2. The summed E-state index contributed by atoms with van der Waals surface area (Å²) in [6, 6.07) is -1.24. The van der Waals surface area contributed by atoms with Crippen molar-refractivity contribution in [1.29, 1.82) is 0 Å². The van der Waals surface area contributed by atoms with E-state index in [9.17, 15) is 44.4 Å². The molecule has 3 fully saturated rings. The van der Waals surface area contributed by atoms with Gasteiger partial charge in [0.15, 0.2) is 11.6 Å². The summed E-state index contributed by atoms with van der Waals surface area (Å²) in [6.07, 6.45) is 15.0. The second kappa shape index (κ2) is 31.0. The van der Waals surface area contributed by atoms with E-state index >= 15 is 0 Å². The molecule has 16 heteroatoms. The average Bonchev–Trinajstić information content (AvgIpc) is 3.32. The van der Waals surface area contributed by atoms with Crippen molar-refractivity contribution < 1.29 is 103 Å². The summed E-state index contributed by atoms with van der Waals surface area (Å²) in [4.78, 5) is 66.1. The number of methoxy groups -OCH3 is 3. The number of hydrogen-bond donors (Lipinski definition) is 3. The Morgan fingerprint density at radius 1 is 0.899 bits per heavy atom. The van der Waals surface area contributed by atoms with Gasteiger partial charge in [-0.3, -0.25) is 19.2 Å². The van der Waals surface area contributed by atoms with Crippen LogP contribution in [0.4, 0.5) is 0 Å². The van der Waals surface area contributed by atoms with Crippen LogP contribution in [0.15, 0.2) is 59.8 Å². The van der Waals surface area contributed by atoms with Gasteiger partial charge in [-0.05, 0) is 113 Å². The van der Waals surface area contributed by atoms with Gasteiger partial charge in [-0.25, -0.2) is 0 Å². The zero-order chi connectivity index (χ0) is 54.3. The number of allylic oxidation sites excluding steroid dienone is 8. The Morgan fingerprint density at radius 3 is 2.25 bits per heavy atom. The first kappa shape index (κ1) is 55.6. The molecule has 3 rings (SSSR count). The van der Waals surface area contributed by atoms with Gasteiger partial charge in [0.1, 0.15) is 12.2 Å². The Morgan fingerprint density at radius 2 is 1.61 bits per heavy atom. The first-order chi connectivity index (χ1) is 33.6. The molecular formula is C53H82NNaO14. The number of piperidine rings is 1. The molecule has 2 aliphatic heterocycles. The summed E-state index contributed by atoms with van der Waals surface area (Å²) >= 11 is 0. The van der Waals surface area contributed by atoms with E-state index in [0.29, 0.717) is 56.9 Å². The van der Waals surface area contributed by atoms with Crippen molar-refractivity contribution in [3.8, 4) is 0 Å². The number of aliphatic hydroxyl groups excluding tert-OH is 1. The number of nitrogens with zero attached hydrogens (tertiary/aromatic N) is 1. The Balaban J connectivity index is 0.0000183. The zero-order valence-electron chi connectivity index (χ0n) is 46.9. The second-order valence-electron chi connectivity index (χ2n) is 19.3. The smallest absolute Gasteiger partial charge is 0.548 e. The molecule has 2 heterocycles. The molecule has 1 amide bonds. The third-order valence-corrected chi connectivity index (χ3v) is 13.9. The van der Waals surface area contributed by atoms with E-state index in [2.05, 4.69) is 0 Å². The number of ketones is 3. The van der Waals surface area contributed by atoms with Crippen LogP contribution in [-0.2, 0) is 47.7 Å². The number of rotatable bonds is 27. The minimum Gasteiger partial charge on any atom is -0.548 e. The fourth-order valence-corrected chi connectivity index (χ4v) is 9.69. The molecule has 0 bridgehead atoms. The van der Waals surface area contributed by atoms with Gasteiger partial charge in [0.2, 0.25) is 5.79 Å². The number of carboxylic acid groups (broad SMARTS) is 1. The van der Waals surface area contributed by atoms with Gasteiger partial charge in [-0.1, -0.05) is 77.2 Å². The molecule has 1 aliphatic carbocycles. The first-order valence-corrected chi connectivity index (χ1v) is 24.2. The van der Waals surface area contributed by atoms with E-state index < -0.39 is 97.0 Å². The third-order valence-electron chi connectivity index (χ3n) is 13.9. The van der Waals surface area contributed by atoms with E-state index in [1.54, 1.807) is 33.8 Å². The number of carboxylic acids is 1. The first-order valence-electron chi connectivity index (χ1n) is 26.2. The summed E-state index contributed by atoms with van der Waals surface area (Å²) in [5.41, 5.74) is 1.27. The predicted molar refractivity (Wildman–Crippen MR) is 256 cm³/mol. The van der Waals surface area contributed by atoms with E-state index in [1.807, 2.05) is 57.2 Å². The standard InChI is InChI=1S/C53H83NO14.Na/c1-33(16-12-11-13-17-35(3)45(64-8)32-41-22-20-39(7)53(63,68-41)50(59)51(60)54-25-15-14-18-42(54)52(61)62)28-37(5)47(57)49(66-10)48(58)38(6)30-36(4)43(56)23-19-34(2)29-40-21-24-44(67-27-26-55)46(31-40)65-9;/h11-13,16-17,19,23,30,33-34,36-37,39-42,44-46,48-49,55,58,63H,14-15,18,20-22,24-29,31-32H2,1-10H3,(H,61,62);/q;+1/p-1/b13-11+,16-12+,23-19+,35-17+,38-30+;/t33-,34+,36-,37-,39-,40+,41+,42+,44-,45-,46+,48-,49+,53-;/m1./s1/i26D2,27D2;. The number of amides is 1. The molecule has 69 heavy (non-hydrogen) atoms. The Hall–Kier alpha value is -2.67. The zero-order valence-corrected chi connectivity index (χ0v) is 44.9. The van der Waals surface area contributed by atoms with Crippen LogP contribution < -0.4 is 34.7 Å². The van der Waals surface area contributed by atoms with Gasteiger partial charge in [-0.2, -0.15) is 0 Å². The number of likely N-dealkylation sites (tertiary alicyclic amines) is 1. The van der Waals surface area contributed by atoms with Gasteiger partial charge in [0.25, 0.3) is 11.7 Å². The molecule has 0 spiro atoms. The number of carbonyl (C=O) groups excluding carboxylic acids is 5. The molecule has 0 aromatic heterocycles. The normalized spacial score (nSPS) is 29.4. The Kier molecular flexibility index (Phi) is 25.0. The van der Waals surface area contributed by atoms with E-state index in [0.717, 1.165) is 16.9 Å². The Bertz CT molecular complexity index is 1990. The van der Waals surface area contributed by atoms with Crippen LogP contribution in [0.25, 0.3) is 0 Å². The molecule has 0 aromatic rings. The van der Waals surface area contributed by atoms with Crippen LogP contribution in [0.3, 0.4) is 0 Å². The van der Waals surface area contributed by atoms with Crippen LogP contribution in [0, 0.1) is 35.5 Å². The Labute approximate surface area is 439 Å². The number of ether oxygens (including phenoxy) is 5. The molecule has 2 saturated heterocycles. The molecule has 14 atom stereocenters. The van der Waals surface area contributed by atoms with Gasteiger partial charge in [-0.15, -0.1) is 0 Å². The number of hydrogen-bond acceptors (Lipinski definition) is 14. The molecular weight excluding hydrogens is 898 g/mol. The van der Waals surface area contributed by atoms with Gasteiger partial charge < -0.3 is 53.8 Å². The fraction of sp³-hybridized carbons (Fsp3) is 0.717. The molecule has 3 aliphatic rings. The molecule has 0 radical (unpaired) electrons. The van der Waals surface area contributed by atoms with Crippen LogP contribution >= 0.6 is 0 Å². The molecule has 384 valence electrons. The molecule has 0 aromatic carbocycles. The second-order valence-corrected chi connectivity index (χ2v) is 19.3. The van der Waals surface area contributed by atoms with E-state index in [1.165, 1.54) is 27.4 Å². The maximum absolute atomic E-state index is 13.6. The van der Waals surface area contributed by atoms with Crippen molar-refractivity contribution in [3.63, 3.8) is 0 Å². The van der Waals surface area contributed by atoms with Gasteiger partial charge in [0, 0.05) is 52.0 Å².